The minimum atomic E-state index is -4.53. The Labute approximate surface area is 89.4 Å². The lowest BCUT2D eigenvalue weighted by molar-refractivity contribution is -0.142. The van der Waals surface area contributed by atoms with Gasteiger partial charge in [0, 0.05) is 18.3 Å². The van der Waals surface area contributed by atoms with Crippen molar-refractivity contribution in [2.24, 2.45) is 5.73 Å². The van der Waals surface area contributed by atoms with Crippen LogP contribution in [0.1, 0.15) is 11.3 Å². The molecule has 0 spiro atoms. The first-order chi connectivity index (χ1) is 7.34. The number of nitrogens with two attached hydrogens (primary N) is 1. The first-order valence-electron chi connectivity index (χ1n) is 4.41. The van der Waals surface area contributed by atoms with Gasteiger partial charge in [-0.15, -0.1) is 0 Å². The van der Waals surface area contributed by atoms with E-state index in [1.54, 1.807) is 0 Å². The van der Waals surface area contributed by atoms with Gasteiger partial charge in [0.05, 0.1) is 0 Å². The van der Waals surface area contributed by atoms with Crippen LogP contribution in [-0.2, 0) is 24.1 Å². The highest BCUT2D eigenvalue weighted by atomic mass is 19.4. The van der Waals surface area contributed by atoms with Crippen LogP contribution in [0.4, 0.5) is 13.2 Å². The SMILES string of the molecule is CNCc1cn(CC(N)=O)nc1C(F)(F)F. The van der Waals surface area contributed by atoms with Crippen molar-refractivity contribution >= 4 is 5.91 Å². The molecule has 16 heavy (non-hydrogen) atoms. The lowest BCUT2D eigenvalue weighted by Crippen LogP contribution is -2.19. The Balaban J connectivity index is 3.05. The predicted molar refractivity (Wildman–Crippen MR) is 49.2 cm³/mol. The fourth-order valence-corrected chi connectivity index (χ4v) is 1.26. The van der Waals surface area contributed by atoms with Crippen LogP contribution in [0.5, 0.6) is 0 Å². The molecular weight excluding hydrogens is 225 g/mol. The summed E-state index contributed by atoms with van der Waals surface area (Å²) in [4.78, 5) is 10.6. The van der Waals surface area contributed by atoms with Crippen molar-refractivity contribution in [3.05, 3.63) is 17.5 Å². The summed E-state index contributed by atoms with van der Waals surface area (Å²) in [6.07, 6.45) is -3.38. The average molecular weight is 236 g/mol. The van der Waals surface area contributed by atoms with Gasteiger partial charge < -0.3 is 11.1 Å². The topological polar surface area (TPSA) is 72.9 Å². The van der Waals surface area contributed by atoms with Crippen LogP contribution >= 0.6 is 0 Å². The van der Waals surface area contributed by atoms with Gasteiger partial charge in [-0.25, -0.2) is 0 Å². The number of primary amides is 1. The molecule has 0 aliphatic rings. The van der Waals surface area contributed by atoms with E-state index in [-0.39, 0.29) is 18.7 Å². The van der Waals surface area contributed by atoms with E-state index in [2.05, 4.69) is 10.4 Å². The zero-order valence-electron chi connectivity index (χ0n) is 8.51. The van der Waals surface area contributed by atoms with Crippen molar-refractivity contribution in [1.29, 1.82) is 0 Å². The Morgan fingerprint density at radius 3 is 2.69 bits per heavy atom. The highest BCUT2D eigenvalue weighted by Gasteiger charge is 2.36. The lowest BCUT2D eigenvalue weighted by atomic mass is 10.2. The Hall–Kier alpha value is -1.57. The standard InChI is InChI=1S/C8H11F3N4O/c1-13-2-5-3-15(4-6(12)16)14-7(5)8(9,10)11/h3,13H,2,4H2,1H3,(H2,12,16). The molecule has 5 nitrogen and oxygen atoms in total. The van der Waals surface area contributed by atoms with E-state index in [1.807, 2.05) is 0 Å². The van der Waals surface area contributed by atoms with E-state index in [0.29, 0.717) is 0 Å². The van der Waals surface area contributed by atoms with Crippen molar-refractivity contribution < 1.29 is 18.0 Å². The van der Waals surface area contributed by atoms with Gasteiger partial charge in [0.2, 0.25) is 5.91 Å². The summed E-state index contributed by atoms with van der Waals surface area (Å²) in [6, 6.07) is 0. The van der Waals surface area contributed by atoms with Crippen LogP contribution in [-0.4, -0.2) is 22.7 Å². The van der Waals surface area contributed by atoms with E-state index in [0.717, 1.165) is 10.9 Å². The maximum Gasteiger partial charge on any atom is 0.435 e. The zero-order chi connectivity index (χ0) is 12.3. The molecule has 0 saturated carbocycles. The zero-order valence-corrected chi connectivity index (χ0v) is 8.51. The van der Waals surface area contributed by atoms with E-state index in [1.165, 1.54) is 7.05 Å². The number of aromatic nitrogens is 2. The molecule has 0 saturated heterocycles. The number of alkyl halides is 3. The maximum absolute atomic E-state index is 12.5. The van der Waals surface area contributed by atoms with E-state index >= 15 is 0 Å². The number of halogens is 3. The fourth-order valence-electron chi connectivity index (χ4n) is 1.26. The van der Waals surface area contributed by atoms with Gasteiger partial charge >= 0.3 is 6.18 Å². The summed E-state index contributed by atoms with van der Waals surface area (Å²) < 4.78 is 38.4. The van der Waals surface area contributed by atoms with Gasteiger partial charge in [0.25, 0.3) is 0 Å². The third-order valence-electron chi connectivity index (χ3n) is 1.79. The van der Waals surface area contributed by atoms with Crippen LogP contribution < -0.4 is 11.1 Å². The summed E-state index contributed by atoms with van der Waals surface area (Å²) in [5.74, 6) is -0.743. The molecule has 0 aliphatic heterocycles. The monoisotopic (exact) mass is 236 g/mol. The van der Waals surface area contributed by atoms with Crippen molar-refractivity contribution in [2.75, 3.05) is 7.05 Å². The largest absolute Gasteiger partial charge is 0.435 e. The fraction of sp³-hybridized carbons (Fsp3) is 0.500. The summed E-state index contributed by atoms with van der Waals surface area (Å²) in [7, 11) is 1.52. The second-order valence-corrected chi connectivity index (χ2v) is 3.19. The van der Waals surface area contributed by atoms with Crippen molar-refractivity contribution in [3.8, 4) is 0 Å². The average Bonchev–Trinajstić information content (AvgIpc) is 2.46. The number of nitrogens with zero attached hydrogens (tertiary/aromatic N) is 2. The number of amides is 1. The van der Waals surface area contributed by atoms with Gasteiger partial charge in [-0.05, 0) is 7.05 Å². The van der Waals surface area contributed by atoms with E-state index in [9.17, 15) is 18.0 Å². The van der Waals surface area contributed by atoms with Gasteiger partial charge in [-0.3, -0.25) is 9.48 Å². The molecule has 1 rings (SSSR count). The molecule has 0 bridgehead atoms. The molecule has 1 aromatic heterocycles. The molecule has 0 radical (unpaired) electrons. The van der Waals surface area contributed by atoms with Gasteiger partial charge in [-0.2, -0.15) is 18.3 Å². The summed E-state index contributed by atoms with van der Waals surface area (Å²) in [5.41, 5.74) is 3.86. The van der Waals surface area contributed by atoms with Crippen LogP contribution in [0.25, 0.3) is 0 Å². The maximum atomic E-state index is 12.5. The molecule has 1 aromatic rings. The Kier molecular flexibility index (Phi) is 3.53. The minimum absolute atomic E-state index is 0.0174. The second-order valence-electron chi connectivity index (χ2n) is 3.19. The minimum Gasteiger partial charge on any atom is -0.368 e. The highest BCUT2D eigenvalue weighted by molar-refractivity contribution is 5.73. The summed E-state index contributed by atoms with van der Waals surface area (Å²) in [6.45, 7) is -0.347. The Bertz CT molecular complexity index is 385. The molecule has 3 N–H and O–H groups in total. The van der Waals surface area contributed by atoms with E-state index < -0.39 is 17.8 Å². The normalized spacial score (nSPS) is 11.8. The molecule has 1 heterocycles. The summed E-state index contributed by atoms with van der Waals surface area (Å²) >= 11 is 0. The predicted octanol–water partition coefficient (Wildman–Crippen LogP) is 0.107. The molecule has 90 valence electrons. The van der Waals surface area contributed by atoms with Gasteiger partial charge in [0.1, 0.15) is 6.54 Å². The van der Waals surface area contributed by atoms with Gasteiger partial charge in [-0.1, -0.05) is 0 Å². The molecule has 0 fully saturated rings. The van der Waals surface area contributed by atoms with E-state index in [4.69, 9.17) is 5.73 Å². The quantitative estimate of drug-likeness (QED) is 0.779. The molecule has 8 heteroatoms. The molecule has 0 unspecified atom stereocenters. The molecular formula is C8H11F3N4O. The molecule has 0 aromatic carbocycles. The Morgan fingerprint density at radius 1 is 1.62 bits per heavy atom. The number of carbonyl (C=O) groups excluding carboxylic acids is 1. The van der Waals surface area contributed by atoms with Crippen molar-refractivity contribution in [2.45, 2.75) is 19.3 Å². The van der Waals surface area contributed by atoms with Crippen LogP contribution in [0.15, 0.2) is 6.20 Å². The number of hydrogen-bond donors (Lipinski definition) is 2. The first-order valence-corrected chi connectivity index (χ1v) is 4.41. The van der Waals surface area contributed by atoms with Crippen LogP contribution in [0.3, 0.4) is 0 Å². The van der Waals surface area contributed by atoms with Crippen molar-refractivity contribution in [1.82, 2.24) is 15.1 Å². The first kappa shape index (κ1) is 12.5. The Morgan fingerprint density at radius 2 is 2.25 bits per heavy atom. The van der Waals surface area contributed by atoms with Crippen molar-refractivity contribution in [3.63, 3.8) is 0 Å². The third kappa shape index (κ3) is 2.96. The smallest absolute Gasteiger partial charge is 0.368 e. The third-order valence-corrected chi connectivity index (χ3v) is 1.79. The summed E-state index contributed by atoms with van der Waals surface area (Å²) in [5, 5.41) is 5.88. The second kappa shape index (κ2) is 4.52. The molecule has 1 amide bonds. The van der Waals surface area contributed by atoms with Crippen LogP contribution in [0.2, 0.25) is 0 Å². The highest BCUT2D eigenvalue weighted by Crippen LogP contribution is 2.30. The number of carbonyl (C=O) groups is 1. The van der Waals surface area contributed by atoms with Gasteiger partial charge in [0.15, 0.2) is 5.69 Å². The lowest BCUT2D eigenvalue weighted by Gasteiger charge is -2.04. The molecule has 0 atom stereocenters. The molecule has 0 aliphatic carbocycles. The number of hydrogen-bond acceptors (Lipinski definition) is 3. The number of rotatable bonds is 4. The van der Waals surface area contributed by atoms with Crippen LogP contribution in [0, 0.1) is 0 Å². The number of nitrogens with one attached hydrogen (secondary N) is 1.